The van der Waals surface area contributed by atoms with Gasteiger partial charge in [0.15, 0.2) is 0 Å². The molecule has 88 valence electrons. The number of fused-ring (bicyclic) bond motifs is 1. The van der Waals surface area contributed by atoms with E-state index in [0.717, 1.165) is 24.5 Å². The Labute approximate surface area is 99.6 Å². The Morgan fingerprint density at radius 1 is 1.65 bits per heavy atom. The lowest BCUT2D eigenvalue weighted by Gasteiger charge is -2.31. The number of rotatable bonds is 2. The average molecular weight is 231 g/mol. The molecule has 0 bridgehead atoms. The summed E-state index contributed by atoms with van der Waals surface area (Å²) in [6.07, 6.45) is 0. The smallest absolute Gasteiger partial charge is 0.325 e. The fraction of sp³-hybridized carbons (Fsp3) is 0.333. The maximum atomic E-state index is 11.3. The van der Waals surface area contributed by atoms with Crippen molar-refractivity contribution in [2.75, 3.05) is 37.0 Å². The molecule has 0 fully saturated rings. The number of carbonyl (C=O) groups is 1. The molecule has 0 radical (unpaired) electrons. The molecule has 0 unspecified atom stereocenters. The largest absolute Gasteiger partial charge is 0.468 e. The maximum absolute atomic E-state index is 11.3. The van der Waals surface area contributed by atoms with Crippen LogP contribution in [0.4, 0.5) is 11.4 Å². The Morgan fingerprint density at radius 3 is 3.18 bits per heavy atom. The lowest BCUT2D eigenvalue weighted by molar-refractivity contribution is -0.138. The summed E-state index contributed by atoms with van der Waals surface area (Å²) in [6, 6.07) is 7.48. The molecule has 0 aromatic heterocycles. The Bertz CT molecular complexity index is 479. The first-order chi connectivity index (χ1) is 8.24. The fourth-order valence-electron chi connectivity index (χ4n) is 1.85. The van der Waals surface area contributed by atoms with Crippen LogP contribution in [0.2, 0.25) is 0 Å². The van der Waals surface area contributed by atoms with E-state index in [1.807, 2.05) is 11.0 Å². The van der Waals surface area contributed by atoms with E-state index in [-0.39, 0.29) is 12.5 Å². The average Bonchev–Trinajstić information content (AvgIpc) is 2.38. The topological polar surface area (TPSA) is 65.4 Å². The van der Waals surface area contributed by atoms with Crippen LogP contribution in [0.1, 0.15) is 5.56 Å². The number of carbonyl (C=O) groups excluding carboxylic acids is 1. The molecule has 1 aromatic rings. The molecule has 0 aliphatic carbocycles. The number of ether oxygens (including phenoxy) is 1. The summed E-state index contributed by atoms with van der Waals surface area (Å²) in [5.41, 5.74) is 2.43. The normalized spacial score (nSPS) is 13.3. The Morgan fingerprint density at radius 2 is 2.47 bits per heavy atom. The second kappa shape index (κ2) is 4.74. The molecule has 5 heteroatoms. The Kier molecular flexibility index (Phi) is 3.15. The van der Waals surface area contributed by atoms with Crippen molar-refractivity contribution in [2.45, 2.75) is 0 Å². The highest BCUT2D eigenvalue weighted by Gasteiger charge is 2.19. The zero-order valence-corrected chi connectivity index (χ0v) is 9.56. The molecule has 1 aromatic carbocycles. The lowest BCUT2D eigenvalue weighted by atomic mass is 10.1. The predicted molar refractivity (Wildman–Crippen MR) is 63.9 cm³/mol. The second-order valence-electron chi connectivity index (χ2n) is 3.77. The minimum Gasteiger partial charge on any atom is -0.468 e. The van der Waals surface area contributed by atoms with E-state index < -0.39 is 0 Å². The monoisotopic (exact) mass is 231 g/mol. The molecule has 1 aliphatic heterocycles. The molecular formula is C12H13N3O2. The van der Waals surface area contributed by atoms with Crippen molar-refractivity contribution >= 4 is 17.3 Å². The van der Waals surface area contributed by atoms with E-state index in [9.17, 15) is 4.79 Å². The van der Waals surface area contributed by atoms with Crippen LogP contribution in [0, 0.1) is 11.3 Å². The van der Waals surface area contributed by atoms with Gasteiger partial charge in [-0.15, -0.1) is 0 Å². The van der Waals surface area contributed by atoms with Crippen LogP contribution in [0.5, 0.6) is 0 Å². The molecule has 0 amide bonds. The summed E-state index contributed by atoms with van der Waals surface area (Å²) in [4.78, 5) is 13.2. The SMILES string of the molecule is COC(=O)CN1CCNc2cc(C#N)ccc21. The summed E-state index contributed by atoms with van der Waals surface area (Å²) < 4.78 is 4.66. The number of hydrogen-bond donors (Lipinski definition) is 1. The lowest BCUT2D eigenvalue weighted by Crippen LogP contribution is -2.38. The van der Waals surface area contributed by atoms with Crippen molar-refractivity contribution in [1.82, 2.24) is 0 Å². The number of nitriles is 1. The number of methoxy groups -OCH3 is 1. The van der Waals surface area contributed by atoms with Crippen LogP contribution in [0.25, 0.3) is 0 Å². The van der Waals surface area contributed by atoms with Crippen molar-refractivity contribution < 1.29 is 9.53 Å². The maximum Gasteiger partial charge on any atom is 0.325 e. The van der Waals surface area contributed by atoms with Crippen LogP contribution in [0.3, 0.4) is 0 Å². The number of hydrogen-bond acceptors (Lipinski definition) is 5. The van der Waals surface area contributed by atoms with Crippen molar-refractivity contribution in [2.24, 2.45) is 0 Å². The first kappa shape index (κ1) is 11.3. The molecule has 17 heavy (non-hydrogen) atoms. The van der Waals surface area contributed by atoms with Crippen molar-refractivity contribution in [1.29, 1.82) is 5.26 Å². The number of nitrogens with one attached hydrogen (secondary N) is 1. The van der Waals surface area contributed by atoms with Crippen molar-refractivity contribution in [3.8, 4) is 6.07 Å². The molecule has 0 saturated carbocycles. The molecule has 1 aliphatic rings. The van der Waals surface area contributed by atoms with E-state index in [0.29, 0.717) is 5.56 Å². The number of nitrogens with zero attached hydrogens (tertiary/aromatic N) is 2. The third kappa shape index (κ3) is 2.31. The van der Waals surface area contributed by atoms with Crippen molar-refractivity contribution in [3.63, 3.8) is 0 Å². The van der Waals surface area contributed by atoms with Crippen LogP contribution in [0.15, 0.2) is 18.2 Å². The first-order valence-electron chi connectivity index (χ1n) is 5.34. The zero-order valence-electron chi connectivity index (χ0n) is 9.56. The quantitative estimate of drug-likeness (QED) is 0.768. The van der Waals surface area contributed by atoms with Gasteiger partial charge in [0.05, 0.1) is 30.1 Å². The predicted octanol–water partition coefficient (Wildman–Crippen LogP) is 0.963. The molecule has 0 saturated heterocycles. The molecule has 2 rings (SSSR count). The summed E-state index contributed by atoms with van der Waals surface area (Å²) in [5.74, 6) is -0.262. The molecular weight excluding hydrogens is 218 g/mol. The minimum atomic E-state index is -0.262. The molecule has 1 N–H and O–H groups in total. The van der Waals surface area contributed by atoms with Gasteiger partial charge in [-0.25, -0.2) is 0 Å². The van der Waals surface area contributed by atoms with E-state index in [1.165, 1.54) is 7.11 Å². The third-order valence-corrected chi connectivity index (χ3v) is 2.71. The van der Waals surface area contributed by atoms with Gasteiger partial charge >= 0.3 is 5.97 Å². The minimum absolute atomic E-state index is 0.233. The van der Waals surface area contributed by atoms with E-state index >= 15 is 0 Å². The van der Waals surface area contributed by atoms with Crippen LogP contribution < -0.4 is 10.2 Å². The van der Waals surface area contributed by atoms with Crippen molar-refractivity contribution in [3.05, 3.63) is 23.8 Å². The van der Waals surface area contributed by atoms with Gasteiger partial charge in [-0.3, -0.25) is 4.79 Å². The highest BCUT2D eigenvalue weighted by Crippen LogP contribution is 2.29. The first-order valence-corrected chi connectivity index (χ1v) is 5.34. The Balaban J connectivity index is 2.26. The van der Waals surface area contributed by atoms with E-state index in [2.05, 4.69) is 16.1 Å². The third-order valence-electron chi connectivity index (χ3n) is 2.71. The molecule has 5 nitrogen and oxygen atoms in total. The molecule has 0 atom stereocenters. The van der Waals surface area contributed by atoms with Gasteiger partial charge in [-0.05, 0) is 18.2 Å². The number of esters is 1. The summed E-state index contributed by atoms with van der Waals surface area (Å²) >= 11 is 0. The van der Waals surface area contributed by atoms with E-state index in [1.54, 1.807) is 12.1 Å². The molecule has 0 spiro atoms. The van der Waals surface area contributed by atoms with Crippen LogP contribution in [-0.2, 0) is 9.53 Å². The zero-order chi connectivity index (χ0) is 12.3. The van der Waals surface area contributed by atoms with Gasteiger partial charge in [0.1, 0.15) is 6.54 Å². The highest BCUT2D eigenvalue weighted by molar-refractivity contribution is 5.81. The van der Waals surface area contributed by atoms with Gasteiger partial charge in [0, 0.05) is 13.1 Å². The van der Waals surface area contributed by atoms with Gasteiger partial charge in [-0.1, -0.05) is 0 Å². The summed E-state index contributed by atoms with van der Waals surface area (Å²) in [7, 11) is 1.38. The standard InChI is InChI=1S/C12H13N3O2/c1-17-12(16)8-15-5-4-14-10-6-9(7-13)2-3-11(10)15/h2-3,6,14H,4-5,8H2,1H3. The van der Waals surface area contributed by atoms with Gasteiger partial charge < -0.3 is 15.0 Å². The Hall–Kier alpha value is -2.22. The van der Waals surface area contributed by atoms with Gasteiger partial charge in [0.2, 0.25) is 0 Å². The molecule has 1 heterocycles. The van der Waals surface area contributed by atoms with Crippen LogP contribution in [-0.4, -0.2) is 32.7 Å². The van der Waals surface area contributed by atoms with Gasteiger partial charge in [0.25, 0.3) is 0 Å². The van der Waals surface area contributed by atoms with Gasteiger partial charge in [-0.2, -0.15) is 5.26 Å². The fourth-order valence-corrected chi connectivity index (χ4v) is 1.85. The highest BCUT2D eigenvalue weighted by atomic mass is 16.5. The number of benzene rings is 1. The summed E-state index contributed by atoms with van der Waals surface area (Å²) in [5, 5.41) is 12.0. The van der Waals surface area contributed by atoms with Crippen LogP contribution >= 0.6 is 0 Å². The number of anilines is 2. The second-order valence-corrected chi connectivity index (χ2v) is 3.77. The van der Waals surface area contributed by atoms with E-state index in [4.69, 9.17) is 5.26 Å². The summed E-state index contributed by atoms with van der Waals surface area (Å²) in [6.45, 7) is 1.73.